The molecule has 0 bridgehead atoms. The molecular formula is C11H16N4. The predicted molar refractivity (Wildman–Crippen MR) is 60.5 cm³/mol. The SMILES string of the molecule is Cc1ccn(C)c1-c1cnc(CCN)[nH]1. The molecule has 15 heavy (non-hydrogen) atoms. The van der Waals surface area contributed by atoms with Gasteiger partial charge < -0.3 is 15.3 Å². The van der Waals surface area contributed by atoms with Gasteiger partial charge in [-0.15, -0.1) is 0 Å². The Kier molecular flexibility index (Phi) is 2.60. The molecule has 2 rings (SSSR count). The molecular weight excluding hydrogens is 188 g/mol. The minimum atomic E-state index is 0.624. The van der Waals surface area contributed by atoms with Crippen LogP contribution < -0.4 is 5.73 Å². The Labute approximate surface area is 89.1 Å². The molecule has 4 heteroatoms. The van der Waals surface area contributed by atoms with E-state index in [0.29, 0.717) is 6.54 Å². The predicted octanol–water partition coefficient (Wildman–Crippen LogP) is 1.22. The highest BCUT2D eigenvalue weighted by molar-refractivity contribution is 5.59. The second-order valence-corrected chi connectivity index (χ2v) is 3.74. The van der Waals surface area contributed by atoms with Gasteiger partial charge in [-0.2, -0.15) is 0 Å². The molecule has 0 aliphatic carbocycles. The molecule has 80 valence electrons. The maximum atomic E-state index is 5.48. The van der Waals surface area contributed by atoms with Crippen LogP contribution in [0.25, 0.3) is 11.4 Å². The molecule has 0 spiro atoms. The van der Waals surface area contributed by atoms with E-state index in [1.807, 2.05) is 19.4 Å². The lowest BCUT2D eigenvalue weighted by Crippen LogP contribution is -2.03. The van der Waals surface area contributed by atoms with Gasteiger partial charge in [-0.1, -0.05) is 0 Å². The molecule has 0 unspecified atom stereocenters. The van der Waals surface area contributed by atoms with Gasteiger partial charge in [0.1, 0.15) is 5.82 Å². The van der Waals surface area contributed by atoms with E-state index in [4.69, 9.17) is 5.73 Å². The van der Waals surface area contributed by atoms with Crippen LogP contribution in [0.2, 0.25) is 0 Å². The molecule has 0 fully saturated rings. The van der Waals surface area contributed by atoms with Crippen LogP contribution in [0.4, 0.5) is 0 Å². The van der Waals surface area contributed by atoms with Gasteiger partial charge in [-0.05, 0) is 25.1 Å². The number of hydrogen-bond acceptors (Lipinski definition) is 2. The second kappa shape index (κ2) is 3.90. The van der Waals surface area contributed by atoms with Gasteiger partial charge in [0, 0.05) is 19.7 Å². The molecule has 0 amide bonds. The molecule has 0 radical (unpaired) electrons. The number of hydrogen-bond donors (Lipinski definition) is 2. The van der Waals surface area contributed by atoms with Gasteiger partial charge in [0.05, 0.1) is 17.6 Å². The molecule has 2 aromatic rings. The molecule has 3 N–H and O–H groups in total. The monoisotopic (exact) mass is 204 g/mol. The summed E-state index contributed by atoms with van der Waals surface area (Å²) in [4.78, 5) is 7.58. The molecule has 4 nitrogen and oxygen atoms in total. The second-order valence-electron chi connectivity index (χ2n) is 3.74. The maximum Gasteiger partial charge on any atom is 0.107 e. The average Bonchev–Trinajstić information content (AvgIpc) is 2.75. The molecule has 0 atom stereocenters. The van der Waals surface area contributed by atoms with Crippen molar-refractivity contribution in [1.82, 2.24) is 14.5 Å². The maximum absolute atomic E-state index is 5.48. The van der Waals surface area contributed by atoms with Crippen molar-refractivity contribution in [2.75, 3.05) is 6.54 Å². The van der Waals surface area contributed by atoms with Crippen molar-refractivity contribution in [3.05, 3.63) is 29.8 Å². The Bertz CT molecular complexity index is 433. The third-order valence-corrected chi connectivity index (χ3v) is 2.54. The van der Waals surface area contributed by atoms with Gasteiger partial charge in [-0.3, -0.25) is 0 Å². The van der Waals surface area contributed by atoms with Crippen LogP contribution >= 0.6 is 0 Å². The van der Waals surface area contributed by atoms with E-state index in [2.05, 4.69) is 27.5 Å². The van der Waals surface area contributed by atoms with Gasteiger partial charge in [0.25, 0.3) is 0 Å². The fourth-order valence-corrected chi connectivity index (χ4v) is 1.80. The van der Waals surface area contributed by atoms with E-state index >= 15 is 0 Å². The summed E-state index contributed by atoms with van der Waals surface area (Å²) in [5.74, 6) is 0.952. The lowest BCUT2D eigenvalue weighted by atomic mass is 10.2. The van der Waals surface area contributed by atoms with Crippen LogP contribution in [0.5, 0.6) is 0 Å². The summed E-state index contributed by atoms with van der Waals surface area (Å²) in [5, 5.41) is 0. The Morgan fingerprint density at radius 3 is 2.93 bits per heavy atom. The number of rotatable bonds is 3. The largest absolute Gasteiger partial charge is 0.349 e. The number of aromatic nitrogens is 3. The first-order chi connectivity index (χ1) is 7.22. The van der Waals surface area contributed by atoms with Crippen molar-refractivity contribution in [3.63, 3.8) is 0 Å². The van der Waals surface area contributed by atoms with Crippen LogP contribution in [0.15, 0.2) is 18.5 Å². The third kappa shape index (κ3) is 1.80. The van der Waals surface area contributed by atoms with Crippen molar-refractivity contribution in [2.45, 2.75) is 13.3 Å². The summed E-state index contributed by atoms with van der Waals surface area (Å²) in [6, 6.07) is 2.10. The molecule has 0 saturated heterocycles. The molecule has 0 aliphatic rings. The Hall–Kier alpha value is -1.55. The normalized spacial score (nSPS) is 10.9. The first-order valence-electron chi connectivity index (χ1n) is 5.08. The topological polar surface area (TPSA) is 59.6 Å². The van der Waals surface area contributed by atoms with E-state index in [1.54, 1.807) is 0 Å². The summed E-state index contributed by atoms with van der Waals surface area (Å²) >= 11 is 0. The van der Waals surface area contributed by atoms with Crippen LogP contribution in [0, 0.1) is 6.92 Å². The standard InChI is InChI=1S/C11H16N4/c1-8-4-6-15(2)11(8)9-7-13-10(14-9)3-5-12/h4,6-7H,3,5,12H2,1-2H3,(H,13,14). The Morgan fingerprint density at radius 2 is 2.33 bits per heavy atom. The van der Waals surface area contributed by atoms with Gasteiger partial charge in [-0.25, -0.2) is 4.98 Å². The number of imidazole rings is 1. The zero-order chi connectivity index (χ0) is 10.8. The number of aryl methyl sites for hydroxylation is 2. The third-order valence-electron chi connectivity index (χ3n) is 2.54. The molecule has 0 aliphatic heterocycles. The minimum Gasteiger partial charge on any atom is -0.349 e. The van der Waals surface area contributed by atoms with Crippen molar-refractivity contribution >= 4 is 0 Å². The van der Waals surface area contributed by atoms with Crippen molar-refractivity contribution in [1.29, 1.82) is 0 Å². The van der Waals surface area contributed by atoms with Crippen LogP contribution in [-0.2, 0) is 13.5 Å². The fourth-order valence-electron chi connectivity index (χ4n) is 1.80. The van der Waals surface area contributed by atoms with Crippen LogP contribution in [0.1, 0.15) is 11.4 Å². The first-order valence-corrected chi connectivity index (χ1v) is 5.08. The highest BCUT2D eigenvalue weighted by atomic mass is 15.0. The summed E-state index contributed by atoms with van der Waals surface area (Å²) in [6.45, 7) is 2.72. The number of nitrogens with two attached hydrogens (primary N) is 1. The molecule has 2 aromatic heterocycles. The molecule has 0 aromatic carbocycles. The smallest absolute Gasteiger partial charge is 0.107 e. The molecule has 2 heterocycles. The van der Waals surface area contributed by atoms with Crippen molar-refractivity contribution in [3.8, 4) is 11.4 Å². The van der Waals surface area contributed by atoms with Crippen molar-refractivity contribution in [2.24, 2.45) is 12.8 Å². The van der Waals surface area contributed by atoms with E-state index in [-0.39, 0.29) is 0 Å². The van der Waals surface area contributed by atoms with E-state index in [1.165, 1.54) is 11.3 Å². The van der Waals surface area contributed by atoms with Crippen molar-refractivity contribution < 1.29 is 0 Å². The highest BCUT2D eigenvalue weighted by Gasteiger charge is 2.08. The Balaban J connectivity index is 2.37. The van der Waals surface area contributed by atoms with Crippen LogP contribution in [0.3, 0.4) is 0 Å². The first kappa shape index (κ1) is 9.98. The van der Waals surface area contributed by atoms with Gasteiger partial charge in [0.2, 0.25) is 0 Å². The summed E-state index contributed by atoms with van der Waals surface area (Å²) < 4.78 is 2.09. The lowest BCUT2D eigenvalue weighted by Gasteiger charge is -2.01. The quantitative estimate of drug-likeness (QED) is 0.789. The summed E-state index contributed by atoms with van der Waals surface area (Å²) in [5.41, 5.74) is 8.98. The van der Waals surface area contributed by atoms with E-state index in [0.717, 1.165) is 17.9 Å². The summed E-state index contributed by atoms with van der Waals surface area (Å²) in [6.07, 6.45) is 4.71. The summed E-state index contributed by atoms with van der Waals surface area (Å²) in [7, 11) is 2.03. The minimum absolute atomic E-state index is 0.624. The Morgan fingerprint density at radius 1 is 1.53 bits per heavy atom. The molecule has 0 saturated carbocycles. The number of aromatic amines is 1. The average molecular weight is 204 g/mol. The lowest BCUT2D eigenvalue weighted by molar-refractivity contribution is 0.890. The zero-order valence-corrected chi connectivity index (χ0v) is 9.12. The number of H-pyrrole nitrogens is 1. The fraction of sp³-hybridized carbons (Fsp3) is 0.364. The highest BCUT2D eigenvalue weighted by Crippen LogP contribution is 2.21. The van der Waals surface area contributed by atoms with Crippen LogP contribution in [-0.4, -0.2) is 21.1 Å². The number of nitrogens with one attached hydrogen (secondary N) is 1. The zero-order valence-electron chi connectivity index (χ0n) is 9.12. The van der Waals surface area contributed by atoms with Gasteiger partial charge >= 0.3 is 0 Å². The number of nitrogens with zero attached hydrogens (tertiary/aromatic N) is 2. The van der Waals surface area contributed by atoms with Gasteiger partial charge in [0.15, 0.2) is 0 Å². The van der Waals surface area contributed by atoms with E-state index < -0.39 is 0 Å². The van der Waals surface area contributed by atoms with E-state index in [9.17, 15) is 0 Å².